The molecule has 0 aromatic rings. The monoisotopic (exact) mass is 320 g/mol. The van der Waals surface area contributed by atoms with Crippen molar-refractivity contribution in [2.75, 3.05) is 0 Å². The first-order valence-electron chi connectivity index (χ1n) is 4.90. The first-order chi connectivity index (χ1) is 8.54. The summed E-state index contributed by atoms with van der Waals surface area (Å²) in [5.74, 6) is 0. The van der Waals surface area contributed by atoms with Crippen molar-refractivity contribution in [3.8, 4) is 0 Å². The lowest BCUT2D eigenvalue weighted by Gasteiger charge is -2.42. The number of hydrogen-bond donors (Lipinski definition) is 7. The molecule has 0 bridgehead atoms. The quantitative estimate of drug-likeness (QED) is 0.196. The average molecular weight is 320 g/mol. The largest absolute Gasteiger partial charge is 0.765 e. The summed E-state index contributed by atoms with van der Waals surface area (Å²) >= 11 is 0. The Kier molecular flexibility index (Phi) is 5.17. The molecular formula is C6H13O11PSi. The molecule has 1 saturated carbocycles. The Hall–Kier alpha value is -0.433. The van der Waals surface area contributed by atoms with Crippen molar-refractivity contribution >= 4 is 17.0 Å². The van der Waals surface area contributed by atoms with E-state index in [-0.39, 0.29) is 0 Å². The average Bonchev–Trinajstić information content (AvgIpc) is 2.26. The first-order valence-corrected chi connectivity index (χ1v) is 7.70. The highest BCUT2D eigenvalue weighted by Gasteiger charge is 2.53. The molecule has 1 aliphatic carbocycles. The highest BCUT2D eigenvalue weighted by molar-refractivity contribution is 7.46. The standard InChI is InChI=1S/C6H13O11PSi/c7-1-2(8)4(10)6(17-19(14)15)5(3(1)9)16-18(11,12)13/h1-10,14H,(H2,11,12,13)/t1-,2-,3+,4-,5-,6-/m0/s1. The minimum atomic E-state index is -5.14. The van der Waals surface area contributed by atoms with E-state index < -0.39 is 53.6 Å². The van der Waals surface area contributed by atoms with Crippen LogP contribution in [0.2, 0.25) is 0 Å². The molecule has 7 N–H and O–H groups in total. The minimum Gasteiger partial charge on any atom is -0.511 e. The summed E-state index contributed by atoms with van der Waals surface area (Å²) in [6.45, 7) is 0. The lowest BCUT2D eigenvalue weighted by molar-refractivity contribution is -0.216. The zero-order valence-corrected chi connectivity index (χ0v) is 11.1. The van der Waals surface area contributed by atoms with Crippen molar-refractivity contribution in [1.82, 2.24) is 0 Å². The van der Waals surface area contributed by atoms with E-state index in [0.717, 1.165) is 0 Å². The second kappa shape index (κ2) is 5.91. The summed E-state index contributed by atoms with van der Waals surface area (Å²) in [5, 5.41) is 37.8. The van der Waals surface area contributed by atoms with Crippen LogP contribution in [0.4, 0.5) is 0 Å². The highest BCUT2D eigenvalue weighted by Crippen LogP contribution is 2.41. The molecule has 0 heterocycles. The van der Waals surface area contributed by atoms with E-state index in [4.69, 9.17) is 14.6 Å². The van der Waals surface area contributed by atoms with Crippen LogP contribution in [-0.2, 0) is 18.0 Å². The molecule has 0 spiro atoms. The van der Waals surface area contributed by atoms with Gasteiger partial charge in [0.25, 0.3) is 0 Å². The zero-order valence-electron chi connectivity index (χ0n) is 9.17. The van der Waals surface area contributed by atoms with Crippen LogP contribution in [0.15, 0.2) is 0 Å². The number of aliphatic hydroxyl groups excluding tert-OH is 4. The van der Waals surface area contributed by atoms with Crippen LogP contribution in [0.3, 0.4) is 0 Å². The Bertz CT molecular complexity index is 383. The fraction of sp³-hybridized carbons (Fsp3) is 1.00. The second-order valence-electron chi connectivity index (χ2n) is 3.87. The molecule has 0 amide bonds. The van der Waals surface area contributed by atoms with Crippen LogP contribution >= 0.6 is 7.82 Å². The molecular weight excluding hydrogens is 307 g/mol. The molecule has 1 aliphatic rings. The Morgan fingerprint density at radius 3 is 1.68 bits per heavy atom. The molecule has 19 heavy (non-hydrogen) atoms. The van der Waals surface area contributed by atoms with E-state index in [1.165, 1.54) is 0 Å². The van der Waals surface area contributed by atoms with E-state index in [9.17, 15) is 29.5 Å². The van der Waals surface area contributed by atoms with Gasteiger partial charge in [0.1, 0.15) is 36.6 Å². The van der Waals surface area contributed by atoms with E-state index in [1.54, 1.807) is 0 Å². The molecule has 0 aromatic carbocycles. The maximum atomic E-state index is 10.7. The maximum Gasteiger partial charge on any atom is 0.765 e. The number of aliphatic hydroxyl groups is 4. The SMILES string of the molecule is O=[Si](O)O[C@H]1[C@@H](O)[C@@H](O)[C@H](O)[C@@H](O)[C@@H]1OP(=O)(O)O. The van der Waals surface area contributed by atoms with Gasteiger partial charge in [0.15, 0.2) is 0 Å². The van der Waals surface area contributed by atoms with Crippen molar-refractivity contribution in [2.24, 2.45) is 0 Å². The summed E-state index contributed by atoms with van der Waals surface area (Å²) in [4.78, 5) is 25.9. The van der Waals surface area contributed by atoms with Crippen molar-refractivity contribution < 1.29 is 53.0 Å². The summed E-state index contributed by atoms with van der Waals surface area (Å²) in [6.07, 6.45) is -11.9. The van der Waals surface area contributed by atoms with Crippen LogP contribution < -0.4 is 0 Å². The molecule has 0 aliphatic heterocycles. The van der Waals surface area contributed by atoms with Crippen LogP contribution in [0.5, 0.6) is 0 Å². The van der Waals surface area contributed by atoms with Gasteiger partial charge in [-0.15, -0.1) is 0 Å². The van der Waals surface area contributed by atoms with Gasteiger partial charge < -0.3 is 39.4 Å². The molecule has 6 atom stereocenters. The fourth-order valence-corrected chi connectivity index (χ4v) is 2.78. The summed E-state index contributed by atoms with van der Waals surface area (Å²) in [7, 11) is -8.81. The molecule has 0 unspecified atom stereocenters. The Morgan fingerprint density at radius 1 is 0.895 bits per heavy atom. The van der Waals surface area contributed by atoms with Gasteiger partial charge in [-0.1, -0.05) is 0 Å². The minimum absolute atomic E-state index is 1.91. The van der Waals surface area contributed by atoms with Crippen molar-refractivity contribution in [3.63, 3.8) is 0 Å². The number of phosphoric acid groups is 1. The van der Waals surface area contributed by atoms with Crippen LogP contribution in [0.25, 0.3) is 0 Å². The third-order valence-electron chi connectivity index (χ3n) is 2.54. The highest BCUT2D eigenvalue weighted by atomic mass is 31.2. The first kappa shape index (κ1) is 16.6. The molecule has 11 nitrogen and oxygen atoms in total. The summed E-state index contributed by atoms with van der Waals surface area (Å²) in [6, 6.07) is 0. The van der Waals surface area contributed by atoms with Gasteiger partial charge in [0, 0.05) is 0 Å². The van der Waals surface area contributed by atoms with E-state index in [2.05, 4.69) is 8.95 Å². The summed E-state index contributed by atoms with van der Waals surface area (Å²) < 4.78 is 29.7. The van der Waals surface area contributed by atoms with Crippen molar-refractivity contribution in [1.29, 1.82) is 0 Å². The Morgan fingerprint density at radius 2 is 1.32 bits per heavy atom. The predicted molar refractivity (Wildman–Crippen MR) is 54.5 cm³/mol. The molecule has 1 fully saturated rings. The van der Waals surface area contributed by atoms with E-state index in [1.807, 2.05) is 0 Å². The van der Waals surface area contributed by atoms with Crippen molar-refractivity contribution in [3.05, 3.63) is 0 Å². The molecule has 1 rings (SSSR count). The van der Waals surface area contributed by atoms with Crippen LogP contribution in [-0.4, -0.2) is 80.8 Å². The number of hydrogen-bond acceptors (Lipinski definition) is 8. The van der Waals surface area contributed by atoms with Gasteiger partial charge in [-0.05, 0) is 0 Å². The maximum absolute atomic E-state index is 10.7. The summed E-state index contributed by atoms with van der Waals surface area (Å²) in [5.41, 5.74) is 0. The number of rotatable bonds is 4. The lowest BCUT2D eigenvalue weighted by Crippen LogP contribution is -2.65. The van der Waals surface area contributed by atoms with Gasteiger partial charge >= 0.3 is 17.0 Å². The van der Waals surface area contributed by atoms with Crippen LogP contribution in [0, 0.1) is 0 Å². The molecule has 13 heteroatoms. The zero-order chi connectivity index (χ0) is 15.0. The van der Waals surface area contributed by atoms with Gasteiger partial charge in [0.2, 0.25) is 0 Å². The molecule has 112 valence electrons. The molecule has 0 radical (unpaired) electrons. The molecule has 0 aromatic heterocycles. The second-order valence-corrected chi connectivity index (χ2v) is 5.83. The van der Waals surface area contributed by atoms with Gasteiger partial charge in [0.05, 0.1) is 0 Å². The Balaban J connectivity index is 3.03. The Labute approximate surface area is 107 Å². The van der Waals surface area contributed by atoms with Gasteiger partial charge in [-0.2, -0.15) is 0 Å². The predicted octanol–water partition coefficient (Wildman–Crippen LogP) is -4.29. The molecule has 0 saturated heterocycles. The normalized spacial score (nSPS) is 39.9. The van der Waals surface area contributed by atoms with Gasteiger partial charge in [-0.25, -0.2) is 4.57 Å². The van der Waals surface area contributed by atoms with Crippen LogP contribution in [0.1, 0.15) is 0 Å². The smallest absolute Gasteiger partial charge is 0.511 e. The third kappa shape index (κ3) is 4.01. The van der Waals surface area contributed by atoms with Crippen molar-refractivity contribution in [2.45, 2.75) is 36.6 Å². The topological polar surface area (TPSA) is 194 Å². The van der Waals surface area contributed by atoms with E-state index in [0.29, 0.717) is 0 Å². The number of phosphoric ester groups is 1. The fourth-order valence-electron chi connectivity index (χ4n) is 1.72. The third-order valence-corrected chi connectivity index (χ3v) is 3.53. The van der Waals surface area contributed by atoms with E-state index >= 15 is 0 Å². The van der Waals surface area contributed by atoms with Gasteiger partial charge in [-0.3, -0.25) is 8.99 Å². The lowest BCUT2D eigenvalue weighted by atomic mass is 9.85.